The Morgan fingerprint density at radius 3 is 2.68 bits per heavy atom. The number of ether oxygens (including phenoxy) is 1. The molecule has 0 aliphatic rings. The van der Waals surface area contributed by atoms with Gasteiger partial charge in [0.15, 0.2) is 0 Å². The van der Waals surface area contributed by atoms with Gasteiger partial charge < -0.3 is 4.74 Å². The van der Waals surface area contributed by atoms with Crippen molar-refractivity contribution in [1.82, 2.24) is 0 Å². The van der Waals surface area contributed by atoms with Gasteiger partial charge in [-0.2, -0.15) is 0 Å². The summed E-state index contributed by atoms with van der Waals surface area (Å²) in [5, 5.41) is 0.347. The molecule has 0 radical (unpaired) electrons. The Kier molecular flexibility index (Phi) is 4.40. The summed E-state index contributed by atoms with van der Waals surface area (Å²) in [5.74, 6) is -0.0854. The van der Waals surface area contributed by atoms with Crippen molar-refractivity contribution in [3.63, 3.8) is 0 Å². The molecule has 2 aromatic rings. The molecule has 19 heavy (non-hydrogen) atoms. The third-order valence-corrected chi connectivity index (χ3v) is 3.23. The second-order valence-electron chi connectivity index (χ2n) is 3.81. The van der Waals surface area contributed by atoms with Crippen LogP contribution in [0.15, 0.2) is 36.4 Å². The minimum absolute atomic E-state index is 0.0307. The molecule has 2 nitrogen and oxygen atoms in total. The Morgan fingerprint density at radius 2 is 2.00 bits per heavy atom. The van der Waals surface area contributed by atoms with Crippen LogP contribution in [0, 0.1) is 5.82 Å². The van der Waals surface area contributed by atoms with Crippen LogP contribution in [0.2, 0.25) is 10.0 Å². The summed E-state index contributed by atoms with van der Waals surface area (Å²) in [6.07, 6.45) is 0.694. The van der Waals surface area contributed by atoms with Gasteiger partial charge >= 0.3 is 0 Å². The maximum atomic E-state index is 13.2. The van der Waals surface area contributed by atoms with E-state index in [1.165, 1.54) is 12.1 Å². The largest absolute Gasteiger partial charge is 0.487 e. The van der Waals surface area contributed by atoms with Gasteiger partial charge in [0.25, 0.3) is 0 Å². The SMILES string of the molecule is O=Cc1ccc(OCc2cccc(F)c2Cl)c(Cl)c1. The van der Waals surface area contributed by atoms with Crippen LogP contribution < -0.4 is 4.74 Å². The summed E-state index contributed by atoms with van der Waals surface area (Å²) < 4.78 is 18.7. The molecular formula is C14H9Cl2FO2. The Bertz CT molecular complexity index is 614. The number of carbonyl (C=O) groups excluding carboxylic acids is 1. The molecule has 0 N–H and O–H groups in total. The van der Waals surface area contributed by atoms with E-state index in [9.17, 15) is 9.18 Å². The van der Waals surface area contributed by atoms with Crippen molar-refractivity contribution in [2.75, 3.05) is 0 Å². The number of benzene rings is 2. The summed E-state index contributed by atoms with van der Waals surface area (Å²) >= 11 is 11.8. The molecule has 0 saturated carbocycles. The second kappa shape index (κ2) is 6.04. The van der Waals surface area contributed by atoms with Gasteiger partial charge in [-0.25, -0.2) is 4.39 Å². The average molecular weight is 299 g/mol. The van der Waals surface area contributed by atoms with Crippen molar-refractivity contribution < 1.29 is 13.9 Å². The molecule has 0 atom stereocenters. The van der Waals surface area contributed by atoms with Crippen LogP contribution in [0.25, 0.3) is 0 Å². The molecule has 5 heteroatoms. The zero-order chi connectivity index (χ0) is 13.8. The Labute approximate surface area is 119 Å². The Morgan fingerprint density at radius 1 is 1.21 bits per heavy atom. The molecule has 0 aromatic heterocycles. The minimum atomic E-state index is -0.495. The van der Waals surface area contributed by atoms with Crippen LogP contribution in [0.4, 0.5) is 4.39 Å². The minimum Gasteiger partial charge on any atom is -0.487 e. The zero-order valence-corrected chi connectivity index (χ0v) is 11.2. The highest BCUT2D eigenvalue weighted by Gasteiger charge is 2.08. The van der Waals surface area contributed by atoms with Gasteiger partial charge in [-0.05, 0) is 24.3 Å². The van der Waals surface area contributed by atoms with E-state index >= 15 is 0 Å². The molecule has 0 fully saturated rings. The van der Waals surface area contributed by atoms with Gasteiger partial charge in [-0.1, -0.05) is 35.3 Å². The highest BCUT2D eigenvalue weighted by Crippen LogP contribution is 2.27. The third-order valence-electron chi connectivity index (χ3n) is 2.51. The number of carbonyl (C=O) groups is 1. The van der Waals surface area contributed by atoms with E-state index in [4.69, 9.17) is 27.9 Å². The first-order valence-electron chi connectivity index (χ1n) is 5.42. The quantitative estimate of drug-likeness (QED) is 0.776. The van der Waals surface area contributed by atoms with E-state index in [0.29, 0.717) is 28.2 Å². The zero-order valence-electron chi connectivity index (χ0n) is 9.70. The van der Waals surface area contributed by atoms with E-state index in [1.54, 1.807) is 24.3 Å². The van der Waals surface area contributed by atoms with E-state index in [2.05, 4.69) is 0 Å². The Hall–Kier alpha value is -1.58. The molecular weight excluding hydrogens is 290 g/mol. The molecule has 0 bridgehead atoms. The third kappa shape index (κ3) is 3.25. The summed E-state index contributed by atoms with van der Waals surface area (Å²) in [4.78, 5) is 10.6. The van der Waals surface area contributed by atoms with Crippen LogP contribution in [-0.2, 0) is 6.61 Å². The molecule has 0 aliphatic heterocycles. The van der Waals surface area contributed by atoms with Crippen LogP contribution in [0.1, 0.15) is 15.9 Å². The second-order valence-corrected chi connectivity index (χ2v) is 4.59. The fourth-order valence-corrected chi connectivity index (χ4v) is 1.95. The fraction of sp³-hybridized carbons (Fsp3) is 0.0714. The first-order chi connectivity index (χ1) is 9.11. The molecule has 2 aromatic carbocycles. The Balaban J connectivity index is 2.14. The van der Waals surface area contributed by atoms with Crippen LogP contribution >= 0.6 is 23.2 Å². The highest BCUT2D eigenvalue weighted by molar-refractivity contribution is 6.32. The lowest BCUT2D eigenvalue weighted by atomic mass is 10.2. The number of hydrogen-bond donors (Lipinski definition) is 0. The van der Waals surface area contributed by atoms with Crippen molar-refractivity contribution in [3.05, 3.63) is 63.4 Å². The predicted molar refractivity (Wildman–Crippen MR) is 72.6 cm³/mol. The maximum Gasteiger partial charge on any atom is 0.150 e. The van der Waals surface area contributed by atoms with E-state index in [1.807, 2.05) is 0 Å². The van der Waals surface area contributed by atoms with Crippen LogP contribution in [0.3, 0.4) is 0 Å². The highest BCUT2D eigenvalue weighted by atomic mass is 35.5. The molecule has 0 spiro atoms. The molecule has 0 amide bonds. The van der Waals surface area contributed by atoms with Gasteiger partial charge in [-0.15, -0.1) is 0 Å². The van der Waals surface area contributed by atoms with Crippen molar-refractivity contribution in [2.45, 2.75) is 6.61 Å². The van der Waals surface area contributed by atoms with Crippen LogP contribution in [-0.4, -0.2) is 6.29 Å². The number of hydrogen-bond acceptors (Lipinski definition) is 2. The standard InChI is InChI=1S/C14H9Cl2FO2/c15-11-6-9(7-18)4-5-13(11)19-8-10-2-1-3-12(17)14(10)16/h1-7H,8H2. The molecule has 98 valence electrons. The van der Waals surface area contributed by atoms with Crippen LogP contribution in [0.5, 0.6) is 5.75 Å². The first kappa shape index (κ1) is 13.8. The normalized spacial score (nSPS) is 10.3. The monoisotopic (exact) mass is 298 g/mol. The average Bonchev–Trinajstić information content (AvgIpc) is 2.41. The summed E-state index contributed by atoms with van der Waals surface area (Å²) in [5.41, 5.74) is 0.985. The predicted octanol–water partition coefficient (Wildman–Crippen LogP) is 4.52. The summed E-state index contributed by atoms with van der Waals surface area (Å²) in [6, 6.07) is 9.16. The van der Waals surface area contributed by atoms with E-state index in [-0.39, 0.29) is 11.6 Å². The molecule has 0 aliphatic carbocycles. The lowest BCUT2D eigenvalue weighted by molar-refractivity contribution is 0.112. The van der Waals surface area contributed by atoms with Crippen molar-refractivity contribution in [1.29, 1.82) is 0 Å². The molecule has 0 saturated heterocycles. The van der Waals surface area contributed by atoms with Gasteiger partial charge in [0.2, 0.25) is 0 Å². The van der Waals surface area contributed by atoms with E-state index in [0.717, 1.165) is 0 Å². The lowest BCUT2D eigenvalue weighted by Gasteiger charge is -2.09. The summed E-state index contributed by atoms with van der Waals surface area (Å²) in [7, 11) is 0. The fourth-order valence-electron chi connectivity index (χ4n) is 1.52. The molecule has 2 rings (SSSR count). The van der Waals surface area contributed by atoms with Crippen molar-refractivity contribution in [2.24, 2.45) is 0 Å². The number of aldehydes is 1. The molecule has 0 unspecified atom stereocenters. The maximum absolute atomic E-state index is 13.2. The van der Waals surface area contributed by atoms with Gasteiger partial charge in [0.05, 0.1) is 10.0 Å². The topological polar surface area (TPSA) is 26.3 Å². The number of rotatable bonds is 4. The number of halogens is 3. The first-order valence-corrected chi connectivity index (χ1v) is 6.18. The molecule has 0 heterocycles. The van der Waals surface area contributed by atoms with Gasteiger partial charge in [0.1, 0.15) is 24.5 Å². The summed E-state index contributed by atoms with van der Waals surface area (Å²) in [6.45, 7) is 0.0940. The smallest absolute Gasteiger partial charge is 0.150 e. The lowest BCUT2D eigenvalue weighted by Crippen LogP contribution is -1.98. The van der Waals surface area contributed by atoms with E-state index < -0.39 is 5.82 Å². The van der Waals surface area contributed by atoms with Crippen molar-refractivity contribution in [3.8, 4) is 5.75 Å². The van der Waals surface area contributed by atoms with Crippen molar-refractivity contribution >= 4 is 29.5 Å². The van der Waals surface area contributed by atoms with Gasteiger partial charge in [-0.3, -0.25) is 4.79 Å². The van der Waals surface area contributed by atoms with Gasteiger partial charge in [0, 0.05) is 11.1 Å².